The summed E-state index contributed by atoms with van der Waals surface area (Å²) in [4.78, 5) is 13.9. The summed E-state index contributed by atoms with van der Waals surface area (Å²) in [6.07, 6.45) is 8.09. The molecule has 2 bridgehead atoms. The lowest BCUT2D eigenvalue weighted by Gasteiger charge is -2.30. The number of hydrogen-bond acceptors (Lipinski definition) is 3. The second-order valence-electron chi connectivity index (χ2n) is 7.29. The van der Waals surface area contributed by atoms with Gasteiger partial charge in [0, 0.05) is 6.54 Å². The largest absolute Gasteiger partial charge is 0.480 e. The van der Waals surface area contributed by atoms with Gasteiger partial charge < -0.3 is 15.3 Å². The molecule has 0 heterocycles. The summed E-state index contributed by atoms with van der Waals surface area (Å²) in [5.41, 5.74) is -0.743. The lowest BCUT2D eigenvalue weighted by atomic mass is 9.88. The molecule has 2 rings (SSSR count). The lowest BCUT2D eigenvalue weighted by molar-refractivity contribution is -0.145. The summed E-state index contributed by atoms with van der Waals surface area (Å²) >= 11 is 0. The highest BCUT2D eigenvalue weighted by atomic mass is 16.4. The Hall–Kier alpha value is -0.610. The highest BCUT2D eigenvalue weighted by Gasteiger charge is 2.39. The van der Waals surface area contributed by atoms with E-state index in [1.165, 1.54) is 32.2 Å². The van der Waals surface area contributed by atoms with Crippen LogP contribution in [0.15, 0.2) is 0 Å². The second kappa shape index (κ2) is 7.10. The first-order valence-electron chi connectivity index (χ1n) is 8.61. The normalized spacial score (nSPS) is 30.8. The third-order valence-corrected chi connectivity index (χ3v) is 6.07. The minimum Gasteiger partial charge on any atom is -0.480 e. The van der Waals surface area contributed by atoms with Crippen LogP contribution in [-0.2, 0) is 4.79 Å². The van der Waals surface area contributed by atoms with Crippen LogP contribution in [-0.4, -0.2) is 48.7 Å². The van der Waals surface area contributed by atoms with Crippen molar-refractivity contribution in [3.8, 4) is 0 Å². The Bertz CT molecular complexity index is 355. The predicted octanol–water partition coefficient (Wildman–Crippen LogP) is 2.59. The van der Waals surface area contributed by atoms with Crippen molar-refractivity contribution in [1.82, 2.24) is 10.2 Å². The topological polar surface area (TPSA) is 52.6 Å². The summed E-state index contributed by atoms with van der Waals surface area (Å²) in [7, 11) is 3.95. The molecule has 0 aliphatic heterocycles. The number of aliphatic carboxylic acids is 1. The molecule has 2 aliphatic rings. The maximum absolute atomic E-state index is 11.4. The molecule has 4 heteroatoms. The van der Waals surface area contributed by atoms with Gasteiger partial charge in [-0.15, -0.1) is 0 Å². The minimum absolute atomic E-state index is 0.634. The molecule has 2 aliphatic carbocycles. The Morgan fingerprint density at radius 2 is 2.14 bits per heavy atom. The summed E-state index contributed by atoms with van der Waals surface area (Å²) in [5.74, 6) is 2.16. The second-order valence-corrected chi connectivity index (χ2v) is 7.29. The van der Waals surface area contributed by atoms with Crippen molar-refractivity contribution in [1.29, 1.82) is 0 Å². The molecule has 0 aromatic rings. The van der Waals surface area contributed by atoms with Crippen LogP contribution in [0, 0.1) is 17.8 Å². The third kappa shape index (κ3) is 3.78. The van der Waals surface area contributed by atoms with E-state index in [1.807, 2.05) is 6.92 Å². The molecule has 0 aromatic carbocycles. The number of rotatable bonds is 9. The fraction of sp³-hybridized carbons (Fsp3) is 0.941. The van der Waals surface area contributed by atoms with Crippen molar-refractivity contribution >= 4 is 5.97 Å². The van der Waals surface area contributed by atoms with E-state index in [4.69, 9.17) is 0 Å². The molecule has 2 saturated carbocycles. The zero-order valence-electron chi connectivity index (χ0n) is 13.9. The molecule has 0 saturated heterocycles. The van der Waals surface area contributed by atoms with Gasteiger partial charge in [0.15, 0.2) is 0 Å². The van der Waals surface area contributed by atoms with Crippen LogP contribution in [0.1, 0.15) is 51.9 Å². The number of carboxylic acids is 1. The highest BCUT2D eigenvalue weighted by Crippen LogP contribution is 2.48. The van der Waals surface area contributed by atoms with Crippen molar-refractivity contribution in [2.45, 2.75) is 57.4 Å². The van der Waals surface area contributed by atoms with Gasteiger partial charge in [0.05, 0.1) is 0 Å². The fourth-order valence-corrected chi connectivity index (χ4v) is 4.59. The smallest absolute Gasteiger partial charge is 0.323 e. The first-order chi connectivity index (χ1) is 10.0. The van der Waals surface area contributed by atoms with E-state index in [0.29, 0.717) is 12.8 Å². The highest BCUT2D eigenvalue weighted by molar-refractivity contribution is 5.78. The van der Waals surface area contributed by atoms with Gasteiger partial charge in [-0.3, -0.25) is 4.79 Å². The van der Waals surface area contributed by atoms with Gasteiger partial charge in [0.2, 0.25) is 0 Å². The Kier molecular flexibility index (Phi) is 5.67. The SMILES string of the molecule is CCC(CCCN(C)CC1CC2CCC1C2)(NC)C(=O)O. The third-order valence-electron chi connectivity index (χ3n) is 6.07. The molecule has 4 nitrogen and oxygen atoms in total. The average Bonchev–Trinajstić information content (AvgIpc) is 3.06. The van der Waals surface area contributed by atoms with Crippen molar-refractivity contribution in [2.24, 2.45) is 17.8 Å². The molecular weight excluding hydrogens is 264 g/mol. The van der Waals surface area contributed by atoms with Crippen LogP contribution in [0.3, 0.4) is 0 Å². The van der Waals surface area contributed by atoms with Crippen LogP contribution in [0.25, 0.3) is 0 Å². The van der Waals surface area contributed by atoms with Gasteiger partial charge in [0.1, 0.15) is 5.54 Å². The average molecular weight is 296 g/mol. The van der Waals surface area contributed by atoms with Crippen LogP contribution < -0.4 is 5.32 Å². The summed E-state index contributed by atoms with van der Waals surface area (Å²) in [6.45, 7) is 4.15. The Balaban J connectivity index is 1.71. The quantitative estimate of drug-likeness (QED) is 0.687. The number of hydrogen-bond donors (Lipinski definition) is 2. The molecule has 4 atom stereocenters. The lowest BCUT2D eigenvalue weighted by Crippen LogP contribution is -2.50. The van der Waals surface area contributed by atoms with Gasteiger partial charge in [-0.1, -0.05) is 13.3 Å². The maximum Gasteiger partial charge on any atom is 0.323 e. The van der Waals surface area contributed by atoms with E-state index in [9.17, 15) is 9.90 Å². The molecular formula is C17H32N2O2. The predicted molar refractivity (Wildman–Crippen MR) is 85.4 cm³/mol. The summed E-state index contributed by atoms with van der Waals surface area (Å²) in [5, 5.41) is 12.4. The van der Waals surface area contributed by atoms with E-state index < -0.39 is 11.5 Å². The number of nitrogens with zero attached hydrogens (tertiary/aromatic N) is 1. The number of nitrogens with one attached hydrogen (secondary N) is 1. The van der Waals surface area contributed by atoms with Crippen molar-refractivity contribution in [3.05, 3.63) is 0 Å². The molecule has 2 fully saturated rings. The zero-order chi connectivity index (χ0) is 15.5. The van der Waals surface area contributed by atoms with Crippen molar-refractivity contribution < 1.29 is 9.90 Å². The minimum atomic E-state index is -0.743. The number of carboxylic acid groups (broad SMARTS) is 1. The van der Waals surface area contributed by atoms with Crippen LogP contribution in [0.4, 0.5) is 0 Å². The molecule has 0 aromatic heterocycles. The number of likely N-dealkylation sites (N-methyl/N-ethyl adjacent to an activating group) is 1. The van der Waals surface area contributed by atoms with Crippen molar-refractivity contribution in [3.63, 3.8) is 0 Å². The van der Waals surface area contributed by atoms with Crippen molar-refractivity contribution in [2.75, 3.05) is 27.2 Å². The maximum atomic E-state index is 11.4. The molecule has 0 radical (unpaired) electrons. The van der Waals surface area contributed by atoms with Gasteiger partial charge >= 0.3 is 5.97 Å². The van der Waals surface area contributed by atoms with Crippen LogP contribution in [0.2, 0.25) is 0 Å². The molecule has 0 amide bonds. The van der Waals surface area contributed by atoms with Crippen LogP contribution >= 0.6 is 0 Å². The van der Waals surface area contributed by atoms with Gasteiger partial charge in [-0.25, -0.2) is 0 Å². The Labute approximate surface area is 129 Å². The first kappa shape index (κ1) is 16.8. The zero-order valence-corrected chi connectivity index (χ0v) is 13.9. The molecule has 21 heavy (non-hydrogen) atoms. The van der Waals surface area contributed by atoms with Gasteiger partial charge in [0.25, 0.3) is 0 Å². The molecule has 122 valence electrons. The molecule has 0 spiro atoms. The number of fused-ring (bicyclic) bond motifs is 2. The Morgan fingerprint density at radius 3 is 2.62 bits per heavy atom. The number of carbonyl (C=O) groups is 1. The van der Waals surface area contributed by atoms with E-state index in [2.05, 4.69) is 17.3 Å². The van der Waals surface area contributed by atoms with Gasteiger partial charge in [-0.2, -0.15) is 0 Å². The fourth-order valence-electron chi connectivity index (χ4n) is 4.59. The molecule has 2 N–H and O–H groups in total. The monoisotopic (exact) mass is 296 g/mol. The van der Waals surface area contributed by atoms with E-state index in [0.717, 1.165) is 30.7 Å². The van der Waals surface area contributed by atoms with E-state index >= 15 is 0 Å². The summed E-state index contributed by atoms with van der Waals surface area (Å²) < 4.78 is 0. The Morgan fingerprint density at radius 1 is 1.38 bits per heavy atom. The van der Waals surface area contributed by atoms with Crippen LogP contribution in [0.5, 0.6) is 0 Å². The van der Waals surface area contributed by atoms with Gasteiger partial charge in [-0.05, 0) is 76.9 Å². The molecule has 4 unspecified atom stereocenters. The standard InChI is InChI=1S/C17H32N2O2/c1-4-17(18-2,16(20)21)8-5-9-19(3)12-15-11-13-6-7-14(15)10-13/h13-15,18H,4-12H2,1-3H3,(H,20,21). The first-order valence-corrected chi connectivity index (χ1v) is 8.61. The van der Waals surface area contributed by atoms with E-state index in [1.54, 1.807) is 7.05 Å². The summed E-state index contributed by atoms with van der Waals surface area (Å²) in [6, 6.07) is 0. The van der Waals surface area contributed by atoms with E-state index in [-0.39, 0.29) is 0 Å².